The molecule has 0 spiro atoms. The fourth-order valence-electron chi connectivity index (χ4n) is 3.12. The van der Waals surface area contributed by atoms with Gasteiger partial charge >= 0.3 is 18.0 Å². The Morgan fingerprint density at radius 2 is 1.61 bits per heavy atom. The van der Waals surface area contributed by atoms with Gasteiger partial charge in [0.05, 0.1) is 17.5 Å². The predicted octanol–water partition coefficient (Wildman–Crippen LogP) is 4.20. The molecule has 0 saturated heterocycles. The zero-order valence-corrected chi connectivity index (χ0v) is 16.7. The van der Waals surface area contributed by atoms with E-state index in [4.69, 9.17) is 0 Å². The van der Waals surface area contributed by atoms with Crippen molar-refractivity contribution >= 4 is 23.7 Å². The van der Waals surface area contributed by atoms with Crippen molar-refractivity contribution in [1.82, 2.24) is 9.99 Å². The van der Waals surface area contributed by atoms with Crippen LogP contribution in [0, 0.1) is 13.8 Å². The number of hydrazone groups is 1. The van der Waals surface area contributed by atoms with Crippen LogP contribution in [0.3, 0.4) is 0 Å². The summed E-state index contributed by atoms with van der Waals surface area (Å²) in [6.07, 6.45) is -3.23. The summed E-state index contributed by atoms with van der Waals surface area (Å²) in [6, 6.07) is 15.3. The van der Waals surface area contributed by atoms with Gasteiger partial charge in [-0.2, -0.15) is 18.3 Å². The highest BCUT2D eigenvalue weighted by atomic mass is 19.4. The topological polar surface area (TPSA) is 75.5 Å². The average molecular weight is 428 g/mol. The number of hydrogen-bond acceptors (Lipinski definition) is 3. The molecule has 2 amide bonds. The molecule has 0 saturated carbocycles. The van der Waals surface area contributed by atoms with Crippen LogP contribution in [0.1, 0.15) is 22.5 Å². The minimum atomic E-state index is -4.51. The molecule has 0 unspecified atom stereocenters. The van der Waals surface area contributed by atoms with E-state index in [1.165, 1.54) is 29.0 Å². The molecule has 3 rings (SSSR count). The molecular formula is C22H19F3N4O2. The van der Waals surface area contributed by atoms with Gasteiger partial charge in [0, 0.05) is 22.6 Å². The quantitative estimate of drug-likeness (QED) is 0.371. The van der Waals surface area contributed by atoms with Crippen LogP contribution in [0.2, 0.25) is 0 Å². The van der Waals surface area contributed by atoms with Crippen molar-refractivity contribution in [3.63, 3.8) is 0 Å². The lowest BCUT2D eigenvalue weighted by Crippen LogP contribution is -2.32. The van der Waals surface area contributed by atoms with Crippen molar-refractivity contribution in [3.05, 3.63) is 83.2 Å². The first kappa shape index (κ1) is 21.8. The summed E-state index contributed by atoms with van der Waals surface area (Å²) in [5.74, 6) is -1.87. The maximum absolute atomic E-state index is 13.4. The smallest absolute Gasteiger partial charge is 0.318 e. The highest BCUT2D eigenvalue weighted by Gasteiger charge is 2.34. The second-order valence-corrected chi connectivity index (χ2v) is 6.70. The van der Waals surface area contributed by atoms with E-state index in [0.29, 0.717) is 22.6 Å². The first-order valence-electron chi connectivity index (χ1n) is 9.23. The Bertz CT molecular complexity index is 1140. The first-order valence-corrected chi connectivity index (χ1v) is 9.23. The SMILES string of the molecule is Cc1cc(/C=N/NC(=O)C(=O)Nc2ccccc2)c(C)n1-c1ccccc1C(F)(F)F. The van der Waals surface area contributed by atoms with E-state index in [1.54, 1.807) is 50.2 Å². The number of aryl methyl sites for hydroxylation is 1. The molecule has 1 heterocycles. The summed E-state index contributed by atoms with van der Waals surface area (Å²) in [4.78, 5) is 23.8. The summed E-state index contributed by atoms with van der Waals surface area (Å²) >= 11 is 0. The molecule has 6 nitrogen and oxygen atoms in total. The molecule has 0 atom stereocenters. The fraction of sp³-hybridized carbons (Fsp3) is 0.136. The van der Waals surface area contributed by atoms with E-state index in [9.17, 15) is 22.8 Å². The molecule has 9 heteroatoms. The molecule has 2 N–H and O–H groups in total. The van der Waals surface area contributed by atoms with Crippen molar-refractivity contribution in [1.29, 1.82) is 0 Å². The maximum atomic E-state index is 13.4. The number of halogens is 3. The lowest BCUT2D eigenvalue weighted by atomic mass is 10.1. The number of benzene rings is 2. The van der Waals surface area contributed by atoms with Gasteiger partial charge in [0.2, 0.25) is 0 Å². The van der Waals surface area contributed by atoms with E-state index < -0.39 is 23.6 Å². The maximum Gasteiger partial charge on any atom is 0.418 e. The number of para-hydroxylation sites is 2. The lowest BCUT2D eigenvalue weighted by molar-refractivity contribution is -0.137. The third kappa shape index (κ3) is 5.00. The number of carbonyl (C=O) groups is 2. The van der Waals surface area contributed by atoms with Gasteiger partial charge in [-0.15, -0.1) is 0 Å². The number of rotatable bonds is 4. The standard InChI is InChI=1S/C22H19F3N4O2/c1-14-12-16(13-26-28-21(31)20(30)27-17-8-4-3-5-9-17)15(2)29(14)19-11-7-6-10-18(19)22(23,24)25/h3-13H,1-2H3,(H,27,30)(H,28,31)/b26-13+. The molecule has 0 radical (unpaired) electrons. The van der Waals surface area contributed by atoms with Crippen LogP contribution in [-0.2, 0) is 15.8 Å². The number of carbonyl (C=O) groups excluding carboxylic acids is 2. The summed E-state index contributed by atoms with van der Waals surface area (Å²) in [7, 11) is 0. The van der Waals surface area contributed by atoms with Gasteiger partial charge in [-0.3, -0.25) is 9.59 Å². The zero-order valence-electron chi connectivity index (χ0n) is 16.7. The fourth-order valence-corrected chi connectivity index (χ4v) is 3.12. The monoisotopic (exact) mass is 428 g/mol. The Hall–Kier alpha value is -3.88. The highest BCUT2D eigenvalue weighted by molar-refractivity contribution is 6.39. The van der Waals surface area contributed by atoms with Crippen molar-refractivity contribution in [3.8, 4) is 5.69 Å². The van der Waals surface area contributed by atoms with Crippen molar-refractivity contribution in [2.45, 2.75) is 20.0 Å². The van der Waals surface area contributed by atoms with Crippen molar-refractivity contribution < 1.29 is 22.8 Å². The highest BCUT2D eigenvalue weighted by Crippen LogP contribution is 2.35. The Labute approximate surface area is 176 Å². The molecule has 160 valence electrons. The van der Waals surface area contributed by atoms with Crippen molar-refractivity contribution in [2.75, 3.05) is 5.32 Å². The molecule has 3 aromatic rings. The zero-order chi connectivity index (χ0) is 22.6. The third-order valence-electron chi connectivity index (χ3n) is 4.53. The first-order chi connectivity index (χ1) is 14.7. The summed E-state index contributed by atoms with van der Waals surface area (Å²) < 4.78 is 41.7. The van der Waals surface area contributed by atoms with Crippen LogP contribution in [0.4, 0.5) is 18.9 Å². The van der Waals surface area contributed by atoms with Crippen molar-refractivity contribution in [2.24, 2.45) is 5.10 Å². The lowest BCUT2D eigenvalue weighted by Gasteiger charge is -2.16. The molecule has 0 aliphatic heterocycles. The van der Waals surface area contributed by atoms with Gasteiger partial charge in [0.15, 0.2) is 0 Å². The van der Waals surface area contributed by atoms with E-state index >= 15 is 0 Å². The number of hydrogen-bond donors (Lipinski definition) is 2. The molecule has 0 bridgehead atoms. The third-order valence-corrected chi connectivity index (χ3v) is 4.53. The minimum absolute atomic E-state index is 0.00377. The molecule has 1 aromatic heterocycles. The van der Waals surface area contributed by atoms with Crippen LogP contribution in [0.25, 0.3) is 5.69 Å². The molecule has 0 fully saturated rings. The minimum Gasteiger partial charge on any atom is -0.318 e. The van der Waals surface area contributed by atoms with Crippen LogP contribution in [-0.4, -0.2) is 22.6 Å². The summed E-state index contributed by atoms with van der Waals surface area (Å²) in [6.45, 7) is 3.31. The van der Waals surface area contributed by atoms with Crippen LogP contribution < -0.4 is 10.7 Å². The van der Waals surface area contributed by atoms with E-state index in [-0.39, 0.29) is 5.69 Å². The molecule has 0 aliphatic rings. The number of alkyl halides is 3. The number of nitrogens with zero attached hydrogens (tertiary/aromatic N) is 2. The van der Waals surface area contributed by atoms with E-state index in [1.807, 2.05) is 0 Å². The Morgan fingerprint density at radius 1 is 0.968 bits per heavy atom. The second kappa shape index (κ2) is 8.86. The summed E-state index contributed by atoms with van der Waals surface area (Å²) in [5, 5.41) is 6.18. The van der Waals surface area contributed by atoms with Gasteiger partial charge in [-0.25, -0.2) is 5.43 Å². The Kier molecular flexibility index (Phi) is 6.24. The largest absolute Gasteiger partial charge is 0.418 e. The normalized spacial score (nSPS) is 11.5. The van der Waals surface area contributed by atoms with Gasteiger partial charge < -0.3 is 9.88 Å². The average Bonchev–Trinajstić information content (AvgIpc) is 3.01. The van der Waals surface area contributed by atoms with Crippen LogP contribution in [0.15, 0.2) is 65.8 Å². The molecule has 2 aromatic carbocycles. The van der Waals surface area contributed by atoms with Crippen LogP contribution >= 0.6 is 0 Å². The van der Waals surface area contributed by atoms with Gasteiger partial charge in [-0.1, -0.05) is 30.3 Å². The summed E-state index contributed by atoms with van der Waals surface area (Å²) in [5.41, 5.74) is 3.37. The predicted molar refractivity (Wildman–Crippen MR) is 111 cm³/mol. The van der Waals surface area contributed by atoms with Crippen LogP contribution in [0.5, 0.6) is 0 Å². The molecule has 31 heavy (non-hydrogen) atoms. The molecule has 0 aliphatic carbocycles. The number of anilines is 1. The Balaban J connectivity index is 1.77. The number of aromatic nitrogens is 1. The van der Waals surface area contributed by atoms with Gasteiger partial charge in [0.1, 0.15) is 0 Å². The number of amides is 2. The van der Waals surface area contributed by atoms with Gasteiger partial charge in [0.25, 0.3) is 0 Å². The molecular weight excluding hydrogens is 409 g/mol. The number of nitrogens with one attached hydrogen (secondary N) is 2. The Morgan fingerprint density at radius 3 is 2.29 bits per heavy atom. The van der Waals surface area contributed by atoms with E-state index in [2.05, 4.69) is 15.8 Å². The second-order valence-electron chi connectivity index (χ2n) is 6.70. The van der Waals surface area contributed by atoms with Gasteiger partial charge in [-0.05, 0) is 44.2 Å². The van der Waals surface area contributed by atoms with E-state index in [0.717, 1.165) is 6.07 Å².